The monoisotopic (exact) mass is 245 g/mol. The standard InChI is InChI=1S/C9H11NO3S2/c1-6(2)7-3-4-9-8(5-7)14(11)10-15(9,12)13/h3-6,10H,1-2H3. The summed E-state index contributed by atoms with van der Waals surface area (Å²) in [5.74, 6) is 0.288. The smallest absolute Gasteiger partial charge is 0.236 e. The second-order valence-corrected chi connectivity index (χ2v) is 6.81. The molecule has 4 nitrogen and oxygen atoms in total. The van der Waals surface area contributed by atoms with Gasteiger partial charge in [0.15, 0.2) is 0 Å². The normalized spacial score (nSPS) is 23.0. The van der Waals surface area contributed by atoms with Crippen LogP contribution in [0.2, 0.25) is 0 Å². The number of sulfonamides is 1. The van der Waals surface area contributed by atoms with E-state index in [4.69, 9.17) is 0 Å². The van der Waals surface area contributed by atoms with Crippen LogP contribution in [0.15, 0.2) is 28.0 Å². The molecule has 1 aliphatic rings. The van der Waals surface area contributed by atoms with Gasteiger partial charge in [0.05, 0.1) is 4.90 Å². The van der Waals surface area contributed by atoms with Gasteiger partial charge in [-0.3, -0.25) is 0 Å². The lowest BCUT2D eigenvalue weighted by Crippen LogP contribution is -2.16. The first-order chi connectivity index (χ1) is 6.92. The van der Waals surface area contributed by atoms with E-state index in [-0.39, 0.29) is 10.8 Å². The van der Waals surface area contributed by atoms with Crippen molar-refractivity contribution < 1.29 is 12.6 Å². The molecule has 0 saturated heterocycles. The molecule has 1 N–H and O–H groups in total. The van der Waals surface area contributed by atoms with Crippen LogP contribution in [0.25, 0.3) is 0 Å². The zero-order valence-corrected chi connectivity index (χ0v) is 9.98. The van der Waals surface area contributed by atoms with Crippen LogP contribution in [0.1, 0.15) is 25.3 Å². The third-order valence-electron chi connectivity index (χ3n) is 2.31. The van der Waals surface area contributed by atoms with Crippen LogP contribution < -0.4 is 4.13 Å². The first kappa shape index (κ1) is 10.8. The second kappa shape index (κ2) is 3.40. The maximum absolute atomic E-state index is 11.5. The van der Waals surface area contributed by atoms with Crippen LogP contribution in [-0.2, 0) is 21.0 Å². The quantitative estimate of drug-likeness (QED) is 0.806. The van der Waals surface area contributed by atoms with Gasteiger partial charge in [-0.2, -0.15) is 0 Å². The Bertz CT molecular complexity index is 534. The van der Waals surface area contributed by atoms with Crippen LogP contribution in [0.3, 0.4) is 0 Å². The molecule has 1 aromatic carbocycles. The highest BCUT2D eigenvalue weighted by molar-refractivity contribution is 8.04. The first-order valence-electron chi connectivity index (χ1n) is 4.50. The molecule has 0 spiro atoms. The Kier molecular flexibility index (Phi) is 2.44. The van der Waals surface area contributed by atoms with Gasteiger partial charge in [0.25, 0.3) is 10.0 Å². The van der Waals surface area contributed by atoms with E-state index < -0.39 is 21.0 Å². The van der Waals surface area contributed by atoms with Gasteiger partial charge in [-0.1, -0.05) is 19.9 Å². The topological polar surface area (TPSA) is 63.2 Å². The van der Waals surface area contributed by atoms with Crippen molar-refractivity contribution in [1.82, 2.24) is 4.13 Å². The van der Waals surface area contributed by atoms with Crippen molar-refractivity contribution in [1.29, 1.82) is 0 Å². The van der Waals surface area contributed by atoms with Crippen molar-refractivity contribution in [2.45, 2.75) is 29.6 Å². The minimum Gasteiger partial charge on any atom is -0.236 e. The summed E-state index contributed by atoms with van der Waals surface area (Å²) in [5.41, 5.74) is 0.987. The van der Waals surface area contributed by atoms with E-state index in [1.807, 2.05) is 13.8 Å². The number of hydrogen-bond donors (Lipinski definition) is 1. The summed E-state index contributed by atoms with van der Waals surface area (Å²) in [6.45, 7) is 4.00. The minimum atomic E-state index is -3.55. The summed E-state index contributed by atoms with van der Waals surface area (Å²) < 4.78 is 36.4. The lowest BCUT2D eigenvalue weighted by atomic mass is 10.0. The zero-order valence-electron chi connectivity index (χ0n) is 8.35. The minimum absolute atomic E-state index is 0.130. The lowest BCUT2D eigenvalue weighted by Gasteiger charge is -2.05. The van der Waals surface area contributed by atoms with Crippen molar-refractivity contribution in [2.24, 2.45) is 0 Å². The van der Waals surface area contributed by atoms with Crippen LogP contribution in [0.4, 0.5) is 0 Å². The summed E-state index contributed by atoms with van der Waals surface area (Å²) >= 11 is 0. The molecule has 1 unspecified atom stereocenters. The molecule has 2 rings (SSSR count). The van der Waals surface area contributed by atoms with Gasteiger partial charge in [-0.05, 0) is 23.6 Å². The van der Waals surface area contributed by atoms with Gasteiger partial charge >= 0.3 is 0 Å². The highest BCUT2D eigenvalue weighted by Gasteiger charge is 2.31. The summed E-state index contributed by atoms with van der Waals surface area (Å²) in [6.07, 6.45) is 0. The fraction of sp³-hybridized carbons (Fsp3) is 0.333. The largest absolute Gasteiger partial charge is 0.253 e. The highest BCUT2D eigenvalue weighted by Crippen LogP contribution is 2.28. The van der Waals surface area contributed by atoms with E-state index in [0.29, 0.717) is 4.90 Å². The average molecular weight is 245 g/mol. The zero-order chi connectivity index (χ0) is 11.2. The van der Waals surface area contributed by atoms with Gasteiger partial charge in [0.1, 0.15) is 15.9 Å². The van der Waals surface area contributed by atoms with Crippen LogP contribution in [-0.4, -0.2) is 12.6 Å². The molecule has 0 fully saturated rings. The van der Waals surface area contributed by atoms with Crippen LogP contribution in [0.5, 0.6) is 0 Å². The Morgan fingerprint density at radius 2 is 2.00 bits per heavy atom. The predicted molar refractivity (Wildman–Crippen MR) is 57.3 cm³/mol. The third-order valence-corrected chi connectivity index (χ3v) is 5.59. The fourth-order valence-electron chi connectivity index (χ4n) is 1.44. The Balaban J connectivity index is 2.66. The summed E-state index contributed by atoms with van der Waals surface area (Å²) in [7, 11) is -5.18. The molecule has 1 atom stereocenters. The molecular formula is C9H11NO3S2. The molecule has 1 aromatic rings. The van der Waals surface area contributed by atoms with Crippen molar-refractivity contribution in [3.05, 3.63) is 23.8 Å². The van der Waals surface area contributed by atoms with E-state index in [9.17, 15) is 12.6 Å². The molecule has 82 valence electrons. The van der Waals surface area contributed by atoms with E-state index in [0.717, 1.165) is 5.56 Å². The van der Waals surface area contributed by atoms with Gasteiger partial charge in [0, 0.05) is 0 Å². The molecule has 1 aliphatic heterocycles. The van der Waals surface area contributed by atoms with E-state index in [2.05, 4.69) is 4.13 Å². The van der Waals surface area contributed by atoms with Crippen molar-refractivity contribution in [3.8, 4) is 0 Å². The fourth-order valence-corrected chi connectivity index (χ4v) is 4.58. The number of fused-ring (bicyclic) bond motifs is 1. The number of hydrogen-bond acceptors (Lipinski definition) is 3. The van der Waals surface area contributed by atoms with Gasteiger partial charge in [-0.25, -0.2) is 12.6 Å². The number of benzene rings is 1. The predicted octanol–water partition coefficient (Wildman–Crippen LogP) is 1.12. The maximum Gasteiger partial charge on any atom is 0.253 e. The molecule has 0 bridgehead atoms. The Morgan fingerprint density at radius 1 is 1.33 bits per heavy atom. The molecule has 6 heteroatoms. The van der Waals surface area contributed by atoms with Crippen LogP contribution >= 0.6 is 0 Å². The van der Waals surface area contributed by atoms with Gasteiger partial charge < -0.3 is 0 Å². The maximum atomic E-state index is 11.5. The van der Waals surface area contributed by atoms with Crippen molar-refractivity contribution in [2.75, 3.05) is 0 Å². The number of rotatable bonds is 1. The Hall–Kier alpha value is -0.720. The van der Waals surface area contributed by atoms with Gasteiger partial charge in [-0.15, -0.1) is 4.13 Å². The molecule has 0 saturated carbocycles. The van der Waals surface area contributed by atoms with E-state index in [1.54, 1.807) is 12.1 Å². The van der Waals surface area contributed by atoms with Crippen LogP contribution in [0, 0.1) is 0 Å². The Morgan fingerprint density at radius 3 is 2.60 bits per heavy atom. The molecule has 15 heavy (non-hydrogen) atoms. The Labute approximate surface area is 91.3 Å². The molecule has 0 radical (unpaired) electrons. The van der Waals surface area contributed by atoms with E-state index >= 15 is 0 Å². The first-order valence-corrected chi connectivity index (χ1v) is 7.13. The summed E-state index contributed by atoms with van der Waals surface area (Å²) in [6, 6.07) is 4.96. The summed E-state index contributed by atoms with van der Waals surface area (Å²) in [5, 5.41) is 0. The molecule has 0 aliphatic carbocycles. The second-order valence-electron chi connectivity index (χ2n) is 3.72. The molecule has 0 aromatic heterocycles. The average Bonchev–Trinajstić information content (AvgIpc) is 2.37. The van der Waals surface area contributed by atoms with E-state index in [1.165, 1.54) is 6.07 Å². The molecule has 0 amide bonds. The van der Waals surface area contributed by atoms with Crippen molar-refractivity contribution >= 4 is 21.0 Å². The van der Waals surface area contributed by atoms with Gasteiger partial charge in [0.2, 0.25) is 0 Å². The summed E-state index contributed by atoms with van der Waals surface area (Å²) in [4.78, 5) is 0.492. The highest BCUT2D eigenvalue weighted by atomic mass is 32.3. The molecular weight excluding hydrogens is 234 g/mol. The van der Waals surface area contributed by atoms with Crippen molar-refractivity contribution in [3.63, 3.8) is 0 Å². The molecule has 1 heterocycles. The third kappa shape index (κ3) is 1.73. The number of nitrogens with one attached hydrogen (secondary N) is 1. The lowest BCUT2D eigenvalue weighted by molar-refractivity contribution is 0.594. The SMILES string of the molecule is CC(C)c1ccc2c(c1)S(=O)NS2(=O)=O.